The molecular weight excluding hydrogens is 703 g/mol. The molecule has 11 rings (SSSR count). The number of hydrogen-bond acceptors (Lipinski definition) is 5. The Hall–Kier alpha value is -7.21. The highest BCUT2D eigenvalue weighted by Crippen LogP contribution is 2.42. The second-order valence-electron chi connectivity index (χ2n) is 14.0. The number of rotatable bonds is 6. The van der Waals surface area contributed by atoms with Gasteiger partial charge in [0.25, 0.3) is 0 Å². The molecule has 0 aliphatic heterocycles. The molecule has 0 aliphatic rings. The van der Waals surface area contributed by atoms with Crippen molar-refractivity contribution in [3.05, 3.63) is 188 Å². The zero-order valence-electron chi connectivity index (χ0n) is 30.1. The summed E-state index contributed by atoms with van der Waals surface area (Å²) in [6.45, 7) is 0. The standard InChI is InChI=1S/C51H31N3OS/c1-4-12-32(13-5-1)34-20-22-36(23-21-34)50-52-49(35-16-8-3-9-17-35)53-51(54-50)43-30-39(31-45-48(43)40-18-10-11-19-44(40)55-45)38-25-27-47-42(29-38)41-28-37(24-26-46(41)56-47)33-14-6-2-7-15-33/h1-31H. The first-order valence-electron chi connectivity index (χ1n) is 18.7. The van der Waals surface area contributed by atoms with Crippen LogP contribution in [0.1, 0.15) is 0 Å². The molecule has 0 fully saturated rings. The lowest BCUT2D eigenvalue weighted by molar-refractivity contribution is 0.669. The van der Waals surface area contributed by atoms with Crippen molar-refractivity contribution in [2.75, 3.05) is 0 Å². The van der Waals surface area contributed by atoms with Crippen LogP contribution >= 0.6 is 11.3 Å². The SMILES string of the molecule is c1ccc(-c2ccc(-c3nc(-c4ccccc4)nc(-c4cc(-c5ccc6sc7ccc(-c8ccccc8)cc7c6c5)cc5oc6ccccc6c45)n3)cc2)cc1. The van der Waals surface area contributed by atoms with Crippen LogP contribution in [0.3, 0.4) is 0 Å². The summed E-state index contributed by atoms with van der Waals surface area (Å²) in [7, 11) is 0. The van der Waals surface area contributed by atoms with Crippen molar-refractivity contribution in [1.82, 2.24) is 15.0 Å². The quantitative estimate of drug-likeness (QED) is 0.171. The molecule has 0 unspecified atom stereocenters. The van der Waals surface area contributed by atoms with Gasteiger partial charge in [0.15, 0.2) is 17.5 Å². The number of aromatic nitrogens is 3. The molecule has 56 heavy (non-hydrogen) atoms. The van der Waals surface area contributed by atoms with E-state index in [-0.39, 0.29) is 0 Å². The van der Waals surface area contributed by atoms with Crippen molar-refractivity contribution < 1.29 is 4.42 Å². The normalized spacial score (nSPS) is 11.6. The third-order valence-electron chi connectivity index (χ3n) is 10.5. The Balaban J connectivity index is 1.11. The van der Waals surface area contributed by atoms with Gasteiger partial charge in [0.2, 0.25) is 0 Å². The maximum absolute atomic E-state index is 6.60. The minimum atomic E-state index is 0.592. The summed E-state index contributed by atoms with van der Waals surface area (Å²) in [6, 6.07) is 65.7. The fraction of sp³-hybridized carbons (Fsp3) is 0. The van der Waals surface area contributed by atoms with Gasteiger partial charge in [0.1, 0.15) is 11.2 Å². The van der Waals surface area contributed by atoms with Crippen LogP contribution in [-0.4, -0.2) is 15.0 Å². The molecule has 3 aromatic heterocycles. The van der Waals surface area contributed by atoms with Crippen molar-refractivity contribution in [2.24, 2.45) is 0 Å². The molecule has 0 radical (unpaired) electrons. The Morgan fingerprint density at radius 2 is 0.786 bits per heavy atom. The summed E-state index contributed by atoms with van der Waals surface area (Å²) < 4.78 is 9.13. The van der Waals surface area contributed by atoms with Crippen LogP contribution in [0.2, 0.25) is 0 Å². The molecule has 0 amide bonds. The second kappa shape index (κ2) is 13.3. The molecular formula is C51H31N3OS. The highest BCUT2D eigenvalue weighted by Gasteiger charge is 2.20. The monoisotopic (exact) mass is 733 g/mol. The zero-order valence-corrected chi connectivity index (χ0v) is 30.9. The molecule has 4 nitrogen and oxygen atoms in total. The summed E-state index contributed by atoms with van der Waals surface area (Å²) >= 11 is 1.83. The highest BCUT2D eigenvalue weighted by atomic mass is 32.1. The van der Waals surface area contributed by atoms with Crippen LogP contribution in [0.25, 0.3) is 110 Å². The van der Waals surface area contributed by atoms with Crippen LogP contribution in [0.4, 0.5) is 0 Å². The predicted octanol–water partition coefficient (Wildman–Crippen LogP) is 14.1. The molecule has 0 aliphatic carbocycles. The van der Waals surface area contributed by atoms with E-state index in [1.807, 2.05) is 59.9 Å². The van der Waals surface area contributed by atoms with Gasteiger partial charge in [-0.15, -0.1) is 11.3 Å². The molecule has 3 heterocycles. The third-order valence-corrected chi connectivity index (χ3v) is 11.7. The van der Waals surface area contributed by atoms with Crippen LogP contribution < -0.4 is 0 Å². The highest BCUT2D eigenvalue weighted by molar-refractivity contribution is 7.25. The van der Waals surface area contributed by atoms with E-state index >= 15 is 0 Å². The van der Waals surface area contributed by atoms with E-state index < -0.39 is 0 Å². The summed E-state index contributed by atoms with van der Waals surface area (Å²) in [5.74, 6) is 1.82. The maximum atomic E-state index is 6.60. The Morgan fingerprint density at radius 1 is 0.321 bits per heavy atom. The summed E-state index contributed by atoms with van der Waals surface area (Å²) in [4.78, 5) is 15.5. The largest absolute Gasteiger partial charge is 0.456 e. The average molecular weight is 734 g/mol. The third kappa shape index (κ3) is 5.65. The Labute approximate surface area is 327 Å². The zero-order chi connectivity index (χ0) is 37.0. The van der Waals surface area contributed by atoms with Gasteiger partial charge in [0, 0.05) is 47.6 Å². The minimum Gasteiger partial charge on any atom is -0.456 e. The van der Waals surface area contributed by atoms with Crippen molar-refractivity contribution in [3.63, 3.8) is 0 Å². The van der Waals surface area contributed by atoms with Crippen molar-refractivity contribution in [2.45, 2.75) is 0 Å². The van der Waals surface area contributed by atoms with E-state index in [0.717, 1.165) is 60.9 Å². The van der Waals surface area contributed by atoms with Gasteiger partial charge in [-0.1, -0.05) is 146 Å². The van der Waals surface area contributed by atoms with Crippen molar-refractivity contribution >= 4 is 53.4 Å². The van der Waals surface area contributed by atoms with E-state index in [9.17, 15) is 0 Å². The molecule has 8 aromatic carbocycles. The number of fused-ring (bicyclic) bond motifs is 6. The number of nitrogens with zero attached hydrogens (tertiary/aromatic N) is 3. The Kier molecular flexibility index (Phi) is 7.64. The first kappa shape index (κ1) is 32.2. The number of para-hydroxylation sites is 1. The fourth-order valence-electron chi connectivity index (χ4n) is 7.75. The lowest BCUT2D eigenvalue weighted by atomic mass is 9.96. The van der Waals surface area contributed by atoms with E-state index in [4.69, 9.17) is 19.4 Å². The van der Waals surface area contributed by atoms with Crippen LogP contribution in [0.5, 0.6) is 0 Å². The van der Waals surface area contributed by atoms with Gasteiger partial charge < -0.3 is 4.42 Å². The van der Waals surface area contributed by atoms with Gasteiger partial charge in [-0.3, -0.25) is 0 Å². The number of benzene rings is 8. The summed E-state index contributed by atoms with van der Waals surface area (Å²) in [5.41, 5.74) is 11.2. The molecule has 11 aromatic rings. The molecule has 0 atom stereocenters. The number of furan rings is 1. The minimum absolute atomic E-state index is 0.592. The summed E-state index contributed by atoms with van der Waals surface area (Å²) in [6.07, 6.45) is 0. The van der Waals surface area contributed by atoms with Gasteiger partial charge in [-0.25, -0.2) is 15.0 Å². The second-order valence-corrected chi connectivity index (χ2v) is 15.1. The maximum Gasteiger partial charge on any atom is 0.164 e. The Bertz CT molecular complexity index is 3230. The Morgan fingerprint density at radius 3 is 1.43 bits per heavy atom. The molecule has 0 saturated heterocycles. The van der Waals surface area contributed by atoms with Gasteiger partial charge in [0.05, 0.1) is 0 Å². The van der Waals surface area contributed by atoms with Crippen LogP contribution in [-0.2, 0) is 0 Å². The molecule has 0 saturated carbocycles. The van der Waals surface area contributed by atoms with Crippen LogP contribution in [0, 0.1) is 0 Å². The fourth-order valence-corrected chi connectivity index (χ4v) is 8.82. The van der Waals surface area contributed by atoms with E-state index in [1.54, 1.807) is 0 Å². The van der Waals surface area contributed by atoms with E-state index in [2.05, 4.69) is 140 Å². The molecule has 0 spiro atoms. The average Bonchev–Trinajstić information content (AvgIpc) is 3.84. The van der Waals surface area contributed by atoms with E-state index in [0.29, 0.717) is 17.5 Å². The van der Waals surface area contributed by atoms with Gasteiger partial charge in [-0.05, 0) is 75.8 Å². The van der Waals surface area contributed by atoms with E-state index in [1.165, 1.54) is 31.3 Å². The van der Waals surface area contributed by atoms with Crippen molar-refractivity contribution in [3.8, 4) is 67.5 Å². The first-order chi connectivity index (χ1) is 27.7. The molecule has 262 valence electrons. The molecule has 0 N–H and O–H groups in total. The summed E-state index contributed by atoms with van der Waals surface area (Å²) in [5, 5.41) is 4.49. The van der Waals surface area contributed by atoms with Gasteiger partial charge in [-0.2, -0.15) is 0 Å². The number of thiophene rings is 1. The van der Waals surface area contributed by atoms with Gasteiger partial charge >= 0.3 is 0 Å². The lowest BCUT2D eigenvalue weighted by Crippen LogP contribution is -2.00. The topological polar surface area (TPSA) is 51.8 Å². The molecule has 0 bridgehead atoms. The molecule has 5 heteroatoms. The first-order valence-corrected chi connectivity index (χ1v) is 19.5. The lowest BCUT2D eigenvalue weighted by Gasteiger charge is -2.11. The smallest absolute Gasteiger partial charge is 0.164 e. The number of hydrogen-bond donors (Lipinski definition) is 0. The predicted molar refractivity (Wildman–Crippen MR) is 233 cm³/mol. The van der Waals surface area contributed by atoms with Crippen LogP contribution in [0.15, 0.2) is 192 Å². The van der Waals surface area contributed by atoms with Crippen molar-refractivity contribution in [1.29, 1.82) is 0 Å².